The summed E-state index contributed by atoms with van der Waals surface area (Å²) in [6, 6.07) is 5.44. The van der Waals surface area contributed by atoms with Crippen molar-refractivity contribution in [3.05, 3.63) is 39.6 Å². The summed E-state index contributed by atoms with van der Waals surface area (Å²) in [5, 5.41) is 12.9. The molecule has 1 atom stereocenters. The van der Waals surface area contributed by atoms with E-state index >= 15 is 0 Å². The van der Waals surface area contributed by atoms with Crippen LogP contribution in [0.5, 0.6) is 0 Å². The second-order valence-electron chi connectivity index (χ2n) is 4.35. The van der Waals surface area contributed by atoms with E-state index in [9.17, 15) is 0 Å². The minimum absolute atomic E-state index is 0.150. The molecule has 1 aromatic carbocycles. The quantitative estimate of drug-likeness (QED) is 0.938. The number of nitrogens with zero attached hydrogens (tertiary/aromatic N) is 3. The van der Waals surface area contributed by atoms with Crippen LogP contribution in [0.1, 0.15) is 31.3 Å². The van der Waals surface area contributed by atoms with Gasteiger partial charge < -0.3 is 5.32 Å². The number of halogens is 2. The van der Waals surface area contributed by atoms with Crippen LogP contribution in [0, 0.1) is 6.92 Å². The summed E-state index contributed by atoms with van der Waals surface area (Å²) in [7, 11) is 0. The first kappa shape index (κ1) is 14.3. The molecule has 1 aromatic heterocycles. The zero-order chi connectivity index (χ0) is 14.0. The average Bonchev–Trinajstić information content (AvgIpc) is 2.74. The van der Waals surface area contributed by atoms with Gasteiger partial charge in [-0.15, -0.1) is 5.10 Å². The van der Waals surface area contributed by atoms with Gasteiger partial charge in [0.25, 0.3) is 0 Å². The van der Waals surface area contributed by atoms with Crippen molar-refractivity contribution in [2.24, 2.45) is 0 Å². The SMILES string of the molecule is CCNC(C)c1nnn(-c2cc(Cl)ccc2Cl)c1C. The Balaban J connectivity index is 2.44. The molecule has 1 heterocycles. The number of hydrogen-bond acceptors (Lipinski definition) is 3. The zero-order valence-electron chi connectivity index (χ0n) is 11.1. The molecule has 0 bridgehead atoms. The normalized spacial score (nSPS) is 12.7. The molecule has 0 aliphatic heterocycles. The fourth-order valence-electron chi connectivity index (χ4n) is 2.02. The molecule has 19 heavy (non-hydrogen) atoms. The maximum absolute atomic E-state index is 6.19. The van der Waals surface area contributed by atoms with Gasteiger partial charge in [0.15, 0.2) is 0 Å². The highest BCUT2D eigenvalue weighted by Gasteiger charge is 2.16. The van der Waals surface area contributed by atoms with Crippen molar-refractivity contribution in [2.75, 3.05) is 6.54 Å². The van der Waals surface area contributed by atoms with Crippen molar-refractivity contribution in [1.29, 1.82) is 0 Å². The number of rotatable bonds is 4. The van der Waals surface area contributed by atoms with E-state index in [1.54, 1.807) is 22.9 Å². The van der Waals surface area contributed by atoms with Crippen LogP contribution in [0.25, 0.3) is 5.69 Å². The maximum atomic E-state index is 6.19. The third-order valence-electron chi connectivity index (χ3n) is 2.99. The molecule has 2 aromatic rings. The fourth-order valence-corrected chi connectivity index (χ4v) is 2.38. The number of nitrogens with one attached hydrogen (secondary N) is 1. The minimum atomic E-state index is 0.150. The molecule has 1 unspecified atom stereocenters. The molecule has 0 amide bonds. The van der Waals surface area contributed by atoms with Gasteiger partial charge in [-0.1, -0.05) is 35.3 Å². The first-order chi connectivity index (χ1) is 9.04. The second kappa shape index (κ2) is 5.90. The van der Waals surface area contributed by atoms with Crippen LogP contribution < -0.4 is 5.32 Å². The summed E-state index contributed by atoms with van der Waals surface area (Å²) in [5.74, 6) is 0. The Bertz CT molecular complexity index is 580. The highest BCUT2D eigenvalue weighted by molar-refractivity contribution is 6.34. The minimum Gasteiger partial charge on any atom is -0.309 e. The maximum Gasteiger partial charge on any atom is 0.103 e. The van der Waals surface area contributed by atoms with E-state index in [0.29, 0.717) is 10.0 Å². The van der Waals surface area contributed by atoms with E-state index in [1.165, 1.54) is 0 Å². The van der Waals surface area contributed by atoms with Crippen LogP contribution in [0.3, 0.4) is 0 Å². The van der Waals surface area contributed by atoms with Gasteiger partial charge in [-0.05, 0) is 38.6 Å². The molecule has 0 saturated heterocycles. The standard InChI is InChI=1S/C13H16Cl2N4/c1-4-16-8(2)13-9(3)19(18-17-13)12-7-10(14)5-6-11(12)15/h5-8,16H,4H2,1-3H3. The monoisotopic (exact) mass is 298 g/mol. The van der Waals surface area contributed by atoms with E-state index in [0.717, 1.165) is 23.6 Å². The van der Waals surface area contributed by atoms with Crippen molar-refractivity contribution in [3.8, 4) is 5.69 Å². The Morgan fingerprint density at radius 1 is 1.37 bits per heavy atom. The molecule has 102 valence electrons. The van der Waals surface area contributed by atoms with Crippen LogP contribution in [-0.4, -0.2) is 21.5 Å². The topological polar surface area (TPSA) is 42.7 Å². The fraction of sp³-hybridized carbons (Fsp3) is 0.385. The Morgan fingerprint density at radius 2 is 2.11 bits per heavy atom. The Labute approximate surface area is 122 Å². The molecule has 2 rings (SSSR count). The van der Waals surface area contributed by atoms with Crippen LogP contribution in [0.15, 0.2) is 18.2 Å². The number of aromatic nitrogens is 3. The molecule has 0 aliphatic rings. The van der Waals surface area contributed by atoms with Gasteiger partial charge in [-0.25, -0.2) is 4.68 Å². The lowest BCUT2D eigenvalue weighted by molar-refractivity contribution is 0.579. The van der Waals surface area contributed by atoms with Crippen molar-refractivity contribution < 1.29 is 0 Å². The van der Waals surface area contributed by atoms with Crippen LogP contribution >= 0.6 is 23.2 Å². The summed E-state index contributed by atoms with van der Waals surface area (Å²) in [6.45, 7) is 6.97. The lowest BCUT2D eigenvalue weighted by atomic mass is 10.2. The Kier molecular flexibility index (Phi) is 4.45. The molecule has 6 heteroatoms. The highest BCUT2D eigenvalue weighted by Crippen LogP contribution is 2.26. The third-order valence-corrected chi connectivity index (χ3v) is 3.54. The van der Waals surface area contributed by atoms with Crippen molar-refractivity contribution in [3.63, 3.8) is 0 Å². The van der Waals surface area contributed by atoms with Gasteiger partial charge in [0, 0.05) is 5.02 Å². The molecular formula is C13H16Cl2N4. The van der Waals surface area contributed by atoms with E-state index in [4.69, 9.17) is 23.2 Å². The average molecular weight is 299 g/mol. The molecule has 0 radical (unpaired) electrons. The molecule has 0 fully saturated rings. The van der Waals surface area contributed by atoms with Gasteiger partial charge in [-0.2, -0.15) is 0 Å². The van der Waals surface area contributed by atoms with E-state index < -0.39 is 0 Å². The molecule has 0 spiro atoms. The third kappa shape index (κ3) is 2.91. The van der Waals surface area contributed by atoms with E-state index in [-0.39, 0.29) is 6.04 Å². The molecular weight excluding hydrogens is 283 g/mol. The summed E-state index contributed by atoms with van der Waals surface area (Å²) in [6.07, 6.45) is 0. The predicted octanol–water partition coefficient (Wildman–Crippen LogP) is 3.55. The first-order valence-corrected chi connectivity index (χ1v) is 6.91. The van der Waals surface area contributed by atoms with Crippen molar-refractivity contribution in [1.82, 2.24) is 20.3 Å². The number of benzene rings is 1. The highest BCUT2D eigenvalue weighted by atomic mass is 35.5. The van der Waals surface area contributed by atoms with Gasteiger partial charge in [0.1, 0.15) is 5.69 Å². The molecule has 4 nitrogen and oxygen atoms in total. The largest absolute Gasteiger partial charge is 0.309 e. The van der Waals surface area contributed by atoms with Crippen LogP contribution in [-0.2, 0) is 0 Å². The molecule has 1 N–H and O–H groups in total. The zero-order valence-corrected chi connectivity index (χ0v) is 12.6. The summed E-state index contributed by atoms with van der Waals surface area (Å²) in [5.41, 5.74) is 2.62. The van der Waals surface area contributed by atoms with Gasteiger partial charge in [0.2, 0.25) is 0 Å². The Hall–Kier alpha value is -1.10. The summed E-state index contributed by atoms with van der Waals surface area (Å²) in [4.78, 5) is 0. The van der Waals surface area contributed by atoms with Gasteiger partial charge in [-0.3, -0.25) is 0 Å². The lowest BCUT2D eigenvalue weighted by Crippen LogP contribution is -2.19. The van der Waals surface area contributed by atoms with Crippen LogP contribution in [0.4, 0.5) is 0 Å². The van der Waals surface area contributed by atoms with Crippen molar-refractivity contribution >= 4 is 23.2 Å². The molecule has 0 saturated carbocycles. The summed E-state index contributed by atoms with van der Waals surface area (Å²) < 4.78 is 1.72. The summed E-state index contributed by atoms with van der Waals surface area (Å²) >= 11 is 12.2. The lowest BCUT2D eigenvalue weighted by Gasteiger charge is -2.11. The van der Waals surface area contributed by atoms with Crippen molar-refractivity contribution in [2.45, 2.75) is 26.8 Å². The first-order valence-electron chi connectivity index (χ1n) is 6.15. The number of hydrogen-bond donors (Lipinski definition) is 1. The van der Waals surface area contributed by atoms with Gasteiger partial charge >= 0.3 is 0 Å². The molecule has 0 aliphatic carbocycles. The Morgan fingerprint density at radius 3 is 2.79 bits per heavy atom. The van der Waals surface area contributed by atoms with E-state index in [1.807, 2.05) is 6.92 Å². The van der Waals surface area contributed by atoms with E-state index in [2.05, 4.69) is 29.5 Å². The van der Waals surface area contributed by atoms with Gasteiger partial charge in [0.05, 0.1) is 22.4 Å². The second-order valence-corrected chi connectivity index (χ2v) is 5.19. The predicted molar refractivity (Wildman–Crippen MR) is 78.2 cm³/mol. The van der Waals surface area contributed by atoms with Crippen LogP contribution in [0.2, 0.25) is 10.0 Å². The smallest absolute Gasteiger partial charge is 0.103 e.